The highest BCUT2D eigenvalue weighted by Gasteiger charge is 2.27. The molecule has 1 aromatic carbocycles. The second-order valence-corrected chi connectivity index (χ2v) is 6.52. The lowest BCUT2D eigenvalue weighted by molar-refractivity contribution is 0.113. The van der Waals surface area contributed by atoms with Crippen molar-refractivity contribution >= 4 is 6.03 Å². The SMILES string of the molecule is Cc1ccccc1OC(C)CNC(=O)N(C)CC1CCCC1O. The van der Waals surface area contributed by atoms with Gasteiger partial charge >= 0.3 is 6.03 Å². The summed E-state index contributed by atoms with van der Waals surface area (Å²) in [6.45, 7) is 4.99. The molecule has 3 unspecified atom stereocenters. The first-order chi connectivity index (χ1) is 11.0. The third-order valence-electron chi connectivity index (χ3n) is 4.44. The summed E-state index contributed by atoms with van der Waals surface area (Å²) in [5.74, 6) is 1.04. The standard InChI is InChI=1S/C18H28N2O3/c1-13-7-4-5-10-17(13)23-14(2)11-19-18(22)20(3)12-15-8-6-9-16(15)21/h4-5,7,10,14-16,21H,6,8-9,11-12H2,1-3H3,(H,19,22). The molecule has 23 heavy (non-hydrogen) atoms. The minimum atomic E-state index is -0.270. The van der Waals surface area contributed by atoms with Crippen LogP contribution in [0.3, 0.4) is 0 Å². The monoisotopic (exact) mass is 320 g/mol. The number of ether oxygens (including phenoxy) is 1. The molecule has 1 fully saturated rings. The number of hydrogen-bond donors (Lipinski definition) is 2. The summed E-state index contributed by atoms with van der Waals surface area (Å²) in [6.07, 6.45) is 2.51. The minimum absolute atomic E-state index is 0.106. The van der Waals surface area contributed by atoms with Gasteiger partial charge in [0, 0.05) is 19.5 Å². The van der Waals surface area contributed by atoms with E-state index >= 15 is 0 Å². The van der Waals surface area contributed by atoms with Gasteiger partial charge in [-0.3, -0.25) is 0 Å². The van der Waals surface area contributed by atoms with Crippen LogP contribution in [0.5, 0.6) is 5.75 Å². The van der Waals surface area contributed by atoms with Crippen LogP contribution < -0.4 is 10.1 Å². The van der Waals surface area contributed by atoms with Gasteiger partial charge in [0.05, 0.1) is 12.6 Å². The molecule has 1 aliphatic carbocycles. The highest BCUT2D eigenvalue weighted by atomic mass is 16.5. The first kappa shape index (κ1) is 17.6. The Balaban J connectivity index is 1.73. The summed E-state index contributed by atoms with van der Waals surface area (Å²) in [4.78, 5) is 13.8. The van der Waals surface area contributed by atoms with Gasteiger partial charge in [0.2, 0.25) is 0 Å². The minimum Gasteiger partial charge on any atom is -0.489 e. The topological polar surface area (TPSA) is 61.8 Å². The van der Waals surface area contributed by atoms with E-state index < -0.39 is 0 Å². The van der Waals surface area contributed by atoms with Crippen LogP contribution in [0.15, 0.2) is 24.3 Å². The van der Waals surface area contributed by atoms with Crippen LogP contribution in [0.1, 0.15) is 31.7 Å². The molecule has 1 aliphatic rings. The van der Waals surface area contributed by atoms with Crippen molar-refractivity contribution in [2.75, 3.05) is 20.1 Å². The molecular formula is C18H28N2O3. The van der Waals surface area contributed by atoms with E-state index in [9.17, 15) is 9.90 Å². The molecule has 0 radical (unpaired) electrons. The Hall–Kier alpha value is -1.75. The van der Waals surface area contributed by atoms with Crippen molar-refractivity contribution < 1.29 is 14.6 Å². The lowest BCUT2D eigenvalue weighted by atomic mass is 10.1. The van der Waals surface area contributed by atoms with Gasteiger partial charge in [0.25, 0.3) is 0 Å². The maximum absolute atomic E-state index is 12.1. The Morgan fingerprint density at radius 1 is 1.43 bits per heavy atom. The van der Waals surface area contributed by atoms with E-state index in [-0.39, 0.29) is 24.2 Å². The molecule has 1 saturated carbocycles. The second-order valence-electron chi connectivity index (χ2n) is 6.52. The van der Waals surface area contributed by atoms with Crippen LogP contribution in [-0.4, -0.2) is 48.4 Å². The van der Waals surface area contributed by atoms with Crippen LogP contribution in [0.2, 0.25) is 0 Å². The Morgan fingerprint density at radius 3 is 2.83 bits per heavy atom. The summed E-state index contributed by atoms with van der Waals surface area (Å²) in [5, 5.41) is 12.7. The number of nitrogens with zero attached hydrogens (tertiary/aromatic N) is 1. The highest BCUT2D eigenvalue weighted by Crippen LogP contribution is 2.25. The average molecular weight is 320 g/mol. The number of aryl methyl sites for hydroxylation is 1. The molecule has 0 heterocycles. The molecule has 128 valence electrons. The molecule has 5 heteroatoms. The Kier molecular flexibility index (Phi) is 6.28. The van der Waals surface area contributed by atoms with E-state index in [4.69, 9.17) is 4.74 Å². The number of aliphatic hydroxyl groups excluding tert-OH is 1. The fourth-order valence-corrected chi connectivity index (χ4v) is 2.98. The van der Waals surface area contributed by atoms with Gasteiger partial charge in [-0.15, -0.1) is 0 Å². The van der Waals surface area contributed by atoms with Gasteiger partial charge in [-0.05, 0) is 38.3 Å². The number of rotatable bonds is 6. The average Bonchev–Trinajstić information content (AvgIpc) is 2.92. The Morgan fingerprint density at radius 2 is 2.17 bits per heavy atom. The number of carbonyl (C=O) groups is 1. The molecule has 0 saturated heterocycles. The van der Waals surface area contributed by atoms with E-state index in [0.717, 1.165) is 30.6 Å². The van der Waals surface area contributed by atoms with Crippen molar-refractivity contribution in [2.45, 2.75) is 45.3 Å². The number of benzene rings is 1. The molecule has 3 atom stereocenters. The molecule has 2 amide bonds. The van der Waals surface area contributed by atoms with Gasteiger partial charge in [0.1, 0.15) is 11.9 Å². The van der Waals surface area contributed by atoms with Crippen molar-refractivity contribution in [1.29, 1.82) is 0 Å². The molecule has 5 nitrogen and oxygen atoms in total. The van der Waals surface area contributed by atoms with E-state index in [0.29, 0.717) is 13.1 Å². The number of nitrogens with one attached hydrogen (secondary N) is 1. The van der Waals surface area contributed by atoms with Crippen molar-refractivity contribution in [3.05, 3.63) is 29.8 Å². The molecule has 0 bridgehead atoms. The zero-order valence-corrected chi connectivity index (χ0v) is 14.3. The maximum Gasteiger partial charge on any atom is 0.317 e. The van der Waals surface area contributed by atoms with Crippen LogP contribution in [0.25, 0.3) is 0 Å². The van der Waals surface area contributed by atoms with Crippen molar-refractivity contribution in [1.82, 2.24) is 10.2 Å². The summed E-state index contributed by atoms with van der Waals surface area (Å²) in [5.41, 5.74) is 1.08. The van der Waals surface area contributed by atoms with Gasteiger partial charge < -0.3 is 20.1 Å². The summed E-state index contributed by atoms with van der Waals surface area (Å²) in [7, 11) is 1.77. The number of carbonyl (C=O) groups excluding carboxylic acids is 1. The molecule has 0 aliphatic heterocycles. The summed E-state index contributed by atoms with van der Waals surface area (Å²) < 4.78 is 5.85. The van der Waals surface area contributed by atoms with E-state index in [2.05, 4.69) is 5.32 Å². The normalized spacial score (nSPS) is 21.7. The van der Waals surface area contributed by atoms with E-state index in [1.807, 2.05) is 38.1 Å². The maximum atomic E-state index is 12.1. The number of urea groups is 1. The quantitative estimate of drug-likeness (QED) is 0.847. The van der Waals surface area contributed by atoms with Crippen LogP contribution >= 0.6 is 0 Å². The lowest BCUT2D eigenvalue weighted by Crippen LogP contribution is -2.44. The summed E-state index contributed by atoms with van der Waals surface area (Å²) in [6, 6.07) is 7.72. The smallest absolute Gasteiger partial charge is 0.317 e. The van der Waals surface area contributed by atoms with Crippen molar-refractivity contribution in [3.8, 4) is 5.75 Å². The fraction of sp³-hybridized carbons (Fsp3) is 0.611. The zero-order chi connectivity index (χ0) is 16.8. The zero-order valence-electron chi connectivity index (χ0n) is 14.3. The second kappa shape index (κ2) is 8.20. The third kappa shape index (κ3) is 5.13. The third-order valence-corrected chi connectivity index (χ3v) is 4.44. The van der Waals surface area contributed by atoms with Gasteiger partial charge in [-0.1, -0.05) is 24.6 Å². The van der Waals surface area contributed by atoms with Crippen molar-refractivity contribution in [3.63, 3.8) is 0 Å². The number of amides is 2. The largest absolute Gasteiger partial charge is 0.489 e. The number of hydrogen-bond acceptors (Lipinski definition) is 3. The van der Waals surface area contributed by atoms with E-state index in [1.165, 1.54) is 0 Å². The number of aliphatic hydroxyl groups is 1. The lowest BCUT2D eigenvalue weighted by Gasteiger charge is -2.24. The molecule has 1 aromatic rings. The highest BCUT2D eigenvalue weighted by molar-refractivity contribution is 5.73. The Labute approximate surface area is 138 Å². The van der Waals surface area contributed by atoms with E-state index in [1.54, 1.807) is 11.9 Å². The molecule has 2 rings (SSSR count). The predicted molar refractivity (Wildman–Crippen MR) is 90.6 cm³/mol. The van der Waals surface area contributed by atoms with Gasteiger partial charge in [-0.25, -0.2) is 4.79 Å². The molecule has 0 aromatic heterocycles. The van der Waals surface area contributed by atoms with Crippen molar-refractivity contribution in [2.24, 2.45) is 5.92 Å². The van der Waals surface area contributed by atoms with Gasteiger partial charge in [-0.2, -0.15) is 0 Å². The predicted octanol–water partition coefficient (Wildman–Crippen LogP) is 2.56. The first-order valence-corrected chi connectivity index (χ1v) is 8.36. The van der Waals surface area contributed by atoms with Crippen LogP contribution in [0, 0.1) is 12.8 Å². The number of para-hydroxylation sites is 1. The fourth-order valence-electron chi connectivity index (χ4n) is 2.98. The van der Waals surface area contributed by atoms with Gasteiger partial charge in [0.15, 0.2) is 0 Å². The molecule has 2 N–H and O–H groups in total. The Bertz CT molecular complexity index is 521. The molecular weight excluding hydrogens is 292 g/mol. The molecule has 0 spiro atoms. The van der Waals surface area contributed by atoms with Crippen LogP contribution in [-0.2, 0) is 0 Å². The summed E-state index contributed by atoms with van der Waals surface area (Å²) >= 11 is 0. The first-order valence-electron chi connectivity index (χ1n) is 8.36. The van der Waals surface area contributed by atoms with Crippen LogP contribution in [0.4, 0.5) is 4.79 Å².